The number of nitrogens with one attached hydrogen (secondary N) is 1. The average Bonchev–Trinajstić information content (AvgIpc) is 2.36. The highest BCUT2D eigenvalue weighted by Crippen LogP contribution is 2.26. The van der Waals surface area contributed by atoms with E-state index in [0.717, 1.165) is 18.1 Å². The van der Waals surface area contributed by atoms with Gasteiger partial charge in [-0.1, -0.05) is 31.6 Å². The number of rotatable bonds is 3. The summed E-state index contributed by atoms with van der Waals surface area (Å²) in [4.78, 5) is 6.84. The van der Waals surface area contributed by atoms with Crippen LogP contribution in [0.5, 0.6) is 0 Å². The highest BCUT2D eigenvalue weighted by atomic mass is 32.1. The van der Waals surface area contributed by atoms with Gasteiger partial charge in [0.2, 0.25) is 0 Å². The van der Waals surface area contributed by atoms with Crippen molar-refractivity contribution < 1.29 is 8.78 Å². The third-order valence-corrected chi connectivity index (χ3v) is 3.02. The molecule has 0 amide bonds. The molecule has 18 heavy (non-hydrogen) atoms. The van der Waals surface area contributed by atoms with E-state index in [1.54, 1.807) is 0 Å². The molecule has 0 aliphatic heterocycles. The van der Waals surface area contributed by atoms with Gasteiger partial charge in [-0.05, 0) is 18.6 Å². The fourth-order valence-corrected chi connectivity index (χ4v) is 2.10. The molecule has 94 valence electrons. The van der Waals surface area contributed by atoms with Crippen LogP contribution in [0.4, 0.5) is 8.78 Å². The Morgan fingerprint density at radius 1 is 1.33 bits per heavy atom. The predicted octanol–water partition coefficient (Wildman–Crippen LogP) is 4.04. The van der Waals surface area contributed by atoms with Crippen LogP contribution >= 0.6 is 12.2 Å². The Bertz CT molecular complexity index is 623. The summed E-state index contributed by atoms with van der Waals surface area (Å²) in [6.07, 6.45) is 2.93. The van der Waals surface area contributed by atoms with Crippen LogP contribution in [0.15, 0.2) is 24.5 Å². The zero-order chi connectivity index (χ0) is 13.1. The van der Waals surface area contributed by atoms with Crippen molar-refractivity contribution in [1.29, 1.82) is 0 Å². The molecule has 0 atom stereocenters. The van der Waals surface area contributed by atoms with Gasteiger partial charge >= 0.3 is 0 Å². The SMILES string of the molecule is CCCc1c(-c2cccc(F)c2F)[nH]cnc1=S. The zero-order valence-corrected chi connectivity index (χ0v) is 10.7. The van der Waals surface area contributed by atoms with Crippen LogP contribution in [0.25, 0.3) is 11.3 Å². The molecule has 0 spiro atoms. The van der Waals surface area contributed by atoms with Crippen molar-refractivity contribution in [3.63, 3.8) is 0 Å². The fourth-order valence-electron chi connectivity index (χ4n) is 1.85. The molecule has 1 aromatic carbocycles. The van der Waals surface area contributed by atoms with E-state index in [9.17, 15) is 8.78 Å². The number of aromatic nitrogens is 2. The molecule has 0 bridgehead atoms. The van der Waals surface area contributed by atoms with E-state index < -0.39 is 11.6 Å². The molecular formula is C13H12F2N2S. The van der Waals surface area contributed by atoms with Crippen molar-refractivity contribution in [3.8, 4) is 11.3 Å². The quantitative estimate of drug-likeness (QED) is 0.849. The van der Waals surface area contributed by atoms with Gasteiger partial charge in [-0.25, -0.2) is 13.8 Å². The molecular weight excluding hydrogens is 254 g/mol. The van der Waals surface area contributed by atoms with Gasteiger partial charge < -0.3 is 4.98 Å². The molecule has 5 heteroatoms. The first-order valence-corrected chi connectivity index (χ1v) is 6.07. The summed E-state index contributed by atoms with van der Waals surface area (Å²) in [5.74, 6) is -1.74. The smallest absolute Gasteiger partial charge is 0.168 e. The third kappa shape index (κ3) is 2.31. The molecule has 1 heterocycles. The molecule has 0 aliphatic rings. The normalized spacial score (nSPS) is 10.6. The second-order valence-corrected chi connectivity index (χ2v) is 4.30. The van der Waals surface area contributed by atoms with Crippen LogP contribution < -0.4 is 0 Å². The molecule has 2 aromatic rings. The summed E-state index contributed by atoms with van der Waals surface area (Å²) in [5, 5.41) is 0. The molecule has 0 saturated heterocycles. The van der Waals surface area contributed by atoms with Crippen LogP contribution in [-0.4, -0.2) is 9.97 Å². The molecule has 2 rings (SSSR count). The maximum atomic E-state index is 13.8. The summed E-state index contributed by atoms with van der Waals surface area (Å²) in [5.41, 5.74) is 1.44. The van der Waals surface area contributed by atoms with Crippen molar-refractivity contribution in [2.24, 2.45) is 0 Å². The lowest BCUT2D eigenvalue weighted by atomic mass is 10.0. The van der Waals surface area contributed by atoms with E-state index in [4.69, 9.17) is 12.2 Å². The Labute approximate surface area is 109 Å². The number of hydrogen-bond acceptors (Lipinski definition) is 2. The van der Waals surface area contributed by atoms with E-state index in [2.05, 4.69) is 9.97 Å². The lowest BCUT2D eigenvalue weighted by Crippen LogP contribution is -1.99. The molecule has 1 N–H and O–H groups in total. The summed E-state index contributed by atoms with van der Waals surface area (Å²) in [6.45, 7) is 1.99. The largest absolute Gasteiger partial charge is 0.345 e. The second kappa shape index (κ2) is 5.35. The van der Waals surface area contributed by atoms with Crippen molar-refractivity contribution >= 4 is 12.2 Å². The lowest BCUT2D eigenvalue weighted by Gasteiger charge is -2.09. The molecule has 0 fully saturated rings. The maximum Gasteiger partial charge on any atom is 0.168 e. The molecule has 0 radical (unpaired) electrons. The van der Waals surface area contributed by atoms with Crippen LogP contribution in [0, 0.1) is 16.3 Å². The van der Waals surface area contributed by atoms with E-state index in [-0.39, 0.29) is 5.56 Å². The standard InChI is InChI=1S/C13H12F2N2S/c1-2-4-9-12(16-7-17-13(9)18)8-5-3-6-10(14)11(8)15/h3,5-7H,2,4H2,1H3,(H,16,17,18). The summed E-state index contributed by atoms with van der Waals surface area (Å²) in [7, 11) is 0. The third-order valence-electron chi connectivity index (χ3n) is 2.67. The molecule has 2 nitrogen and oxygen atoms in total. The Hall–Kier alpha value is -1.62. The minimum absolute atomic E-state index is 0.187. The fraction of sp³-hybridized carbons (Fsp3) is 0.231. The topological polar surface area (TPSA) is 28.7 Å². The molecule has 0 unspecified atom stereocenters. The average molecular weight is 266 g/mol. The zero-order valence-electron chi connectivity index (χ0n) is 9.84. The number of hydrogen-bond donors (Lipinski definition) is 1. The van der Waals surface area contributed by atoms with E-state index >= 15 is 0 Å². The first-order valence-electron chi connectivity index (χ1n) is 5.66. The first-order chi connectivity index (χ1) is 8.65. The van der Waals surface area contributed by atoms with E-state index in [1.165, 1.54) is 18.5 Å². The van der Waals surface area contributed by atoms with Crippen molar-refractivity contribution in [2.45, 2.75) is 19.8 Å². The minimum atomic E-state index is -0.869. The highest BCUT2D eigenvalue weighted by molar-refractivity contribution is 7.71. The van der Waals surface area contributed by atoms with Gasteiger partial charge in [0, 0.05) is 11.1 Å². The van der Waals surface area contributed by atoms with Gasteiger partial charge in [-0.15, -0.1) is 0 Å². The summed E-state index contributed by atoms with van der Waals surface area (Å²) >= 11 is 5.13. The van der Waals surface area contributed by atoms with Crippen molar-refractivity contribution in [3.05, 3.63) is 46.4 Å². The summed E-state index contributed by atoms with van der Waals surface area (Å²) < 4.78 is 27.5. The van der Waals surface area contributed by atoms with Crippen molar-refractivity contribution in [1.82, 2.24) is 9.97 Å². The van der Waals surface area contributed by atoms with E-state index in [1.807, 2.05) is 6.92 Å². The van der Waals surface area contributed by atoms with Crippen LogP contribution in [0.2, 0.25) is 0 Å². The summed E-state index contributed by atoms with van der Waals surface area (Å²) in [6, 6.07) is 4.09. The predicted molar refractivity (Wildman–Crippen MR) is 68.8 cm³/mol. The van der Waals surface area contributed by atoms with Gasteiger partial charge in [0.25, 0.3) is 0 Å². The number of H-pyrrole nitrogens is 1. The Balaban J connectivity index is 2.67. The van der Waals surface area contributed by atoms with Crippen molar-refractivity contribution in [2.75, 3.05) is 0 Å². The number of nitrogens with zero attached hydrogens (tertiary/aromatic N) is 1. The molecule has 1 aromatic heterocycles. The Morgan fingerprint density at radius 3 is 2.83 bits per heavy atom. The van der Waals surface area contributed by atoms with Crippen LogP contribution in [0.3, 0.4) is 0 Å². The van der Waals surface area contributed by atoms with Gasteiger partial charge in [0.1, 0.15) is 4.64 Å². The van der Waals surface area contributed by atoms with Gasteiger partial charge in [0.15, 0.2) is 11.6 Å². The monoisotopic (exact) mass is 266 g/mol. The highest BCUT2D eigenvalue weighted by Gasteiger charge is 2.14. The minimum Gasteiger partial charge on any atom is -0.345 e. The van der Waals surface area contributed by atoms with Crippen LogP contribution in [-0.2, 0) is 6.42 Å². The van der Waals surface area contributed by atoms with E-state index in [0.29, 0.717) is 16.8 Å². The Kier molecular flexibility index (Phi) is 3.81. The van der Waals surface area contributed by atoms with Gasteiger partial charge in [-0.2, -0.15) is 0 Å². The number of halogens is 2. The van der Waals surface area contributed by atoms with Gasteiger partial charge in [0.05, 0.1) is 12.0 Å². The van der Waals surface area contributed by atoms with Crippen LogP contribution in [0.1, 0.15) is 18.9 Å². The number of aromatic amines is 1. The molecule has 0 saturated carbocycles. The first kappa shape index (κ1) is 12.8. The number of benzene rings is 1. The maximum absolute atomic E-state index is 13.8. The second-order valence-electron chi connectivity index (χ2n) is 3.91. The Morgan fingerprint density at radius 2 is 2.11 bits per heavy atom. The van der Waals surface area contributed by atoms with Gasteiger partial charge in [-0.3, -0.25) is 0 Å². The molecule has 0 aliphatic carbocycles. The lowest BCUT2D eigenvalue weighted by molar-refractivity contribution is 0.510.